The summed E-state index contributed by atoms with van der Waals surface area (Å²) in [4.78, 5) is 6.60. The predicted octanol–water partition coefficient (Wildman–Crippen LogP) is 7.60. The lowest BCUT2D eigenvalue weighted by Gasteiger charge is -2.58. The van der Waals surface area contributed by atoms with Gasteiger partial charge in [0.25, 0.3) is 0 Å². The summed E-state index contributed by atoms with van der Waals surface area (Å²) in [5.41, 5.74) is 2.94. The number of aliphatic hydroxyl groups is 2. The second kappa shape index (κ2) is 14.6. The van der Waals surface area contributed by atoms with Gasteiger partial charge in [-0.1, -0.05) is 60.5 Å². The summed E-state index contributed by atoms with van der Waals surface area (Å²) in [6.45, 7) is 4.62. The Kier molecular flexibility index (Phi) is 10.4. The largest absolute Gasteiger partial charge is 0.508 e. The number of benzene rings is 3. The fraction of sp³-hybridized carbons (Fsp3) is 0.447. The quantitative estimate of drug-likeness (QED) is 0.0945. The first-order valence-electron chi connectivity index (χ1n) is 16.5. The third-order valence-electron chi connectivity index (χ3n) is 9.83. The van der Waals surface area contributed by atoms with Gasteiger partial charge < -0.3 is 29.6 Å². The van der Waals surface area contributed by atoms with E-state index in [1.807, 2.05) is 12.1 Å². The average molecular weight is 644 g/mol. The highest BCUT2D eigenvalue weighted by Crippen LogP contribution is 2.63. The Morgan fingerprint density at radius 2 is 1.78 bits per heavy atom. The van der Waals surface area contributed by atoms with Gasteiger partial charge in [0, 0.05) is 36.0 Å². The fourth-order valence-corrected chi connectivity index (χ4v) is 9.29. The maximum atomic E-state index is 10.8. The molecule has 1 aliphatic heterocycles. The van der Waals surface area contributed by atoms with Gasteiger partial charge in [-0.05, 0) is 84.2 Å². The first kappa shape index (κ1) is 32.6. The normalized spacial score (nSPS) is 27.4. The second-order valence-corrected chi connectivity index (χ2v) is 13.9. The Labute approximate surface area is 275 Å². The summed E-state index contributed by atoms with van der Waals surface area (Å²) in [6.07, 6.45) is 9.80. The smallest absolute Gasteiger partial charge is 0.231 e. The SMILES string of the molecule is C=CCO[C@@]12Oc3ccc(O)cc3[C@H]3[C@H](CCCCO)[C@@H](CCCCO)C=C(C(=NOC)C[C@@H]1Sc1ccc4ccccc4c1)[C@H]32. The molecule has 7 nitrogen and oxygen atoms in total. The van der Waals surface area contributed by atoms with E-state index in [-0.39, 0.29) is 47.9 Å². The van der Waals surface area contributed by atoms with E-state index in [0.29, 0.717) is 13.0 Å². The van der Waals surface area contributed by atoms with E-state index in [0.717, 1.165) is 66.0 Å². The molecule has 8 heteroatoms. The highest BCUT2D eigenvalue weighted by molar-refractivity contribution is 8.00. The van der Waals surface area contributed by atoms with Gasteiger partial charge in [0.15, 0.2) is 0 Å². The molecule has 1 heterocycles. The van der Waals surface area contributed by atoms with Crippen molar-refractivity contribution in [1.29, 1.82) is 0 Å². The van der Waals surface area contributed by atoms with Gasteiger partial charge in [-0.2, -0.15) is 0 Å². The molecule has 1 fully saturated rings. The van der Waals surface area contributed by atoms with E-state index in [9.17, 15) is 15.3 Å². The molecule has 3 aliphatic rings. The van der Waals surface area contributed by atoms with Gasteiger partial charge in [0.2, 0.25) is 5.79 Å². The van der Waals surface area contributed by atoms with E-state index in [1.165, 1.54) is 10.8 Å². The molecule has 0 unspecified atom stereocenters. The molecule has 0 spiro atoms. The van der Waals surface area contributed by atoms with Crippen molar-refractivity contribution in [1.82, 2.24) is 0 Å². The lowest BCUT2D eigenvalue weighted by atomic mass is 9.56. The average Bonchev–Trinajstić information content (AvgIpc) is 3.07. The Morgan fingerprint density at radius 3 is 2.54 bits per heavy atom. The highest BCUT2D eigenvalue weighted by Gasteiger charge is 2.64. The zero-order valence-corrected chi connectivity index (χ0v) is 27.3. The topological polar surface area (TPSA) is 101 Å². The lowest BCUT2D eigenvalue weighted by molar-refractivity contribution is -0.223. The standard InChI is InChI=1S/C38H45NO6S/c1-3-20-44-38-35(46-29-16-14-25-10-4-5-11-26(25)21-29)24-33(39-43-2)31-22-27(12-6-8-18-40)30(13-7-9-19-41)36(37(31)38)32-23-28(42)15-17-34(32)45-38/h3-5,10-11,14-17,21-23,27,30,35-37,40-42H,1,6-9,12-13,18-20,24H2,2H3/t27-,30+,35-,36+,37+,38+/m0/s1. The number of thioether (sulfide) groups is 1. The number of allylic oxidation sites excluding steroid dienone is 1. The third-order valence-corrected chi connectivity index (χ3v) is 11.1. The Bertz CT molecular complexity index is 1590. The van der Waals surface area contributed by atoms with Gasteiger partial charge in [-0.3, -0.25) is 0 Å². The number of unbranched alkanes of at least 4 members (excludes halogenated alkanes) is 2. The maximum absolute atomic E-state index is 10.8. The Balaban J connectivity index is 1.53. The van der Waals surface area contributed by atoms with Crippen LogP contribution < -0.4 is 4.74 Å². The molecule has 3 N–H and O–H groups in total. The Morgan fingerprint density at radius 1 is 1.00 bits per heavy atom. The van der Waals surface area contributed by atoms with Crippen molar-refractivity contribution in [3.05, 3.63) is 90.5 Å². The molecule has 6 atom stereocenters. The number of oxime groups is 1. The first-order valence-corrected chi connectivity index (χ1v) is 17.4. The summed E-state index contributed by atoms with van der Waals surface area (Å²) >= 11 is 1.74. The first-order chi connectivity index (χ1) is 22.5. The van der Waals surface area contributed by atoms with E-state index in [2.05, 4.69) is 60.3 Å². The number of nitrogens with zero attached hydrogens (tertiary/aromatic N) is 1. The van der Waals surface area contributed by atoms with Crippen LogP contribution in [0.2, 0.25) is 0 Å². The van der Waals surface area contributed by atoms with E-state index in [4.69, 9.17) is 14.3 Å². The van der Waals surface area contributed by atoms with Crippen molar-refractivity contribution in [2.24, 2.45) is 22.9 Å². The van der Waals surface area contributed by atoms with Crippen LogP contribution in [0.4, 0.5) is 0 Å². The minimum Gasteiger partial charge on any atom is -0.508 e. The molecule has 0 radical (unpaired) electrons. The molecule has 3 aromatic carbocycles. The number of ether oxygens (including phenoxy) is 2. The van der Waals surface area contributed by atoms with Crippen LogP contribution in [-0.2, 0) is 9.57 Å². The van der Waals surface area contributed by atoms with Crippen LogP contribution in [0, 0.1) is 17.8 Å². The van der Waals surface area contributed by atoms with Crippen LogP contribution >= 0.6 is 11.8 Å². The molecule has 0 aromatic heterocycles. The number of phenols is 1. The summed E-state index contributed by atoms with van der Waals surface area (Å²) < 4.78 is 14.0. The van der Waals surface area contributed by atoms with Crippen molar-refractivity contribution < 1.29 is 29.6 Å². The van der Waals surface area contributed by atoms with E-state index < -0.39 is 5.79 Å². The number of hydrogen-bond donors (Lipinski definition) is 3. The molecule has 0 amide bonds. The van der Waals surface area contributed by atoms with Crippen LogP contribution in [-0.4, -0.2) is 59.0 Å². The fourth-order valence-electron chi connectivity index (χ4n) is 7.95. The van der Waals surface area contributed by atoms with Crippen LogP contribution in [0.15, 0.2) is 95.0 Å². The molecule has 0 bridgehead atoms. The molecule has 244 valence electrons. The molecule has 1 saturated carbocycles. The summed E-state index contributed by atoms with van der Waals surface area (Å²) in [6, 6.07) is 20.3. The van der Waals surface area contributed by atoms with Gasteiger partial charge in [-0.25, -0.2) is 0 Å². The summed E-state index contributed by atoms with van der Waals surface area (Å²) in [7, 11) is 1.59. The van der Waals surface area contributed by atoms with Gasteiger partial charge in [0.1, 0.15) is 18.6 Å². The van der Waals surface area contributed by atoms with Crippen molar-refractivity contribution >= 4 is 28.2 Å². The molecule has 46 heavy (non-hydrogen) atoms. The second-order valence-electron chi connectivity index (χ2n) is 12.6. The Hall–Kier alpha value is -3.30. The highest BCUT2D eigenvalue weighted by atomic mass is 32.2. The maximum Gasteiger partial charge on any atom is 0.231 e. The van der Waals surface area contributed by atoms with Crippen molar-refractivity contribution in [3.63, 3.8) is 0 Å². The minimum atomic E-state index is -1.05. The van der Waals surface area contributed by atoms with Gasteiger partial charge in [0.05, 0.1) is 23.5 Å². The van der Waals surface area contributed by atoms with E-state index in [1.54, 1.807) is 31.0 Å². The predicted molar refractivity (Wildman–Crippen MR) is 183 cm³/mol. The van der Waals surface area contributed by atoms with Crippen LogP contribution in [0.3, 0.4) is 0 Å². The van der Waals surface area contributed by atoms with Crippen molar-refractivity contribution in [2.75, 3.05) is 26.9 Å². The third kappa shape index (κ3) is 6.33. The summed E-state index contributed by atoms with van der Waals surface area (Å²) in [5.74, 6) is 0.0100. The number of hydrogen-bond acceptors (Lipinski definition) is 8. The van der Waals surface area contributed by atoms with Crippen molar-refractivity contribution in [2.45, 2.75) is 66.8 Å². The van der Waals surface area contributed by atoms with Gasteiger partial charge >= 0.3 is 0 Å². The van der Waals surface area contributed by atoms with E-state index >= 15 is 0 Å². The summed E-state index contributed by atoms with van der Waals surface area (Å²) in [5, 5.41) is 36.9. The van der Waals surface area contributed by atoms with Crippen molar-refractivity contribution in [3.8, 4) is 11.5 Å². The number of rotatable bonds is 14. The molecule has 2 aliphatic carbocycles. The number of phenolic OH excluding ortho intramolecular Hbond substituents is 1. The molecule has 3 aromatic rings. The molecule has 0 saturated heterocycles. The molecular weight excluding hydrogens is 598 g/mol. The zero-order chi connectivity index (χ0) is 32.1. The zero-order valence-electron chi connectivity index (χ0n) is 26.5. The van der Waals surface area contributed by atoms with Crippen LogP contribution in [0.25, 0.3) is 10.8 Å². The van der Waals surface area contributed by atoms with Gasteiger partial charge in [-0.15, -0.1) is 18.3 Å². The van der Waals surface area contributed by atoms with Crippen LogP contribution in [0.5, 0.6) is 11.5 Å². The number of fused-ring (bicyclic) bond motifs is 3. The molecule has 6 rings (SSSR count). The minimum absolute atomic E-state index is 0.0412. The monoisotopic (exact) mass is 643 g/mol. The number of aliphatic hydroxyl groups excluding tert-OH is 2. The number of aromatic hydroxyl groups is 1. The lowest BCUT2D eigenvalue weighted by Crippen LogP contribution is -2.64. The van der Waals surface area contributed by atoms with Crippen LogP contribution in [0.1, 0.15) is 56.4 Å². The molecular formula is C38H45NO6S.